The van der Waals surface area contributed by atoms with Crippen LogP contribution in [0, 0.1) is 0 Å². The van der Waals surface area contributed by atoms with Gasteiger partial charge in [0.25, 0.3) is 0 Å². The van der Waals surface area contributed by atoms with Gasteiger partial charge >= 0.3 is 0 Å². The van der Waals surface area contributed by atoms with Crippen molar-refractivity contribution >= 4 is 11.6 Å². The van der Waals surface area contributed by atoms with E-state index < -0.39 is 0 Å². The number of anilines is 1. The molecule has 0 aromatic heterocycles. The highest BCUT2D eigenvalue weighted by atomic mass is 15.1. The quantitative estimate of drug-likeness (QED) is 0.454. The summed E-state index contributed by atoms with van der Waals surface area (Å²) in [6, 6.07) is 8.24. The van der Waals surface area contributed by atoms with Gasteiger partial charge in [0.1, 0.15) is 0 Å². The molecule has 0 atom stereocenters. The number of guanidine groups is 1. The van der Waals surface area contributed by atoms with Crippen molar-refractivity contribution in [3.63, 3.8) is 0 Å². The van der Waals surface area contributed by atoms with Crippen molar-refractivity contribution in [1.29, 1.82) is 0 Å². The molecule has 0 spiro atoms. The fourth-order valence-electron chi connectivity index (χ4n) is 1.41. The second kappa shape index (κ2) is 6.88. The van der Waals surface area contributed by atoms with Gasteiger partial charge in [-0.2, -0.15) is 0 Å². The lowest BCUT2D eigenvalue weighted by Gasteiger charge is -2.06. The molecule has 1 rings (SSSR count). The summed E-state index contributed by atoms with van der Waals surface area (Å²) in [4.78, 5) is 4.25. The number of hydrogen-bond acceptors (Lipinski definition) is 1. The largest absolute Gasteiger partial charge is 0.370 e. The maximum Gasteiger partial charge on any atom is 0.193 e. The van der Waals surface area contributed by atoms with Gasteiger partial charge in [0.15, 0.2) is 5.96 Å². The lowest BCUT2D eigenvalue weighted by atomic mass is 10.1. The van der Waals surface area contributed by atoms with Crippen LogP contribution in [0.5, 0.6) is 0 Å². The van der Waals surface area contributed by atoms with Crippen LogP contribution in [0.15, 0.2) is 29.3 Å². The molecule has 0 aliphatic carbocycles. The zero-order valence-electron chi connectivity index (χ0n) is 10.2. The molecule has 0 fully saturated rings. The monoisotopic (exact) mass is 219 g/mol. The Bertz CT molecular complexity index is 345. The van der Waals surface area contributed by atoms with E-state index in [0.29, 0.717) is 5.96 Å². The number of aliphatic imine (C=N–C) groups is 1. The summed E-state index contributed by atoms with van der Waals surface area (Å²) in [7, 11) is 0. The SMILES string of the molecule is CCCCN=C(N)Nc1cccc(CC)c1. The Morgan fingerprint density at radius 2 is 2.19 bits per heavy atom. The van der Waals surface area contributed by atoms with E-state index in [-0.39, 0.29) is 0 Å². The third-order valence-corrected chi connectivity index (χ3v) is 2.40. The summed E-state index contributed by atoms with van der Waals surface area (Å²) in [5.41, 5.74) is 8.09. The molecule has 16 heavy (non-hydrogen) atoms. The summed E-state index contributed by atoms with van der Waals surface area (Å²) < 4.78 is 0. The van der Waals surface area contributed by atoms with Gasteiger partial charge in [0, 0.05) is 12.2 Å². The van der Waals surface area contributed by atoms with Crippen molar-refractivity contribution in [2.24, 2.45) is 10.7 Å². The number of rotatable bonds is 5. The molecule has 0 saturated carbocycles. The molecule has 0 aliphatic rings. The molecule has 0 heterocycles. The minimum Gasteiger partial charge on any atom is -0.370 e. The van der Waals surface area contributed by atoms with Gasteiger partial charge in [-0.1, -0.05) is 32.4 Å². The number of benzene rings is 1. The van der Waals surface area contributed by atoms with Crippen LogP contribution >= 0.6 is 0 Å². The number of nitrogens with zero attached hydrogens (tertiary/aromatic N) is 1. The van der Waals surface area contributed by atoms with Crippen molar-refractivity contribution in [1.82, 2.24) is 0 Å². The van der Waals surface area contributed by atoms with Gasteiger partial charge in [-0.05, 0) is 30.5 Å². The Hall–Kier alpha value is -1.51. The van der Waals surface area contributed by atoms with Crippen LogP contribution in [0.2, 0.25) is 0 Å². The summed E-state index contributed by atoms with van der Waals surface area (Å²) >= 11 is 0. The van der Waals surface area contributed by atoms with Gasteiger partial charge in [0.05, 0.1) is 0 Å². The molecule has 0 amide bonds. The highest BCUT2D eigenvalue weighted by Crippen LogP contribution is 2.10. The maximum atomic E-state index is 5.78. The first-order chi connectivity index (χ1) is 7.76. The Kier molecular flexibility index (Phi) is 5.40. The van der Waals surface area contributed by atoms with Crippen LogP contribution < -0.4 is 11.1 Å². The molecule has 0 radical (unpaired) electrons. The number of aryl methyl sites for hydroxylation is 1. The molecule has 0 aliphatic heterocycles. The fraction of sp³-hybridized carbons (Fsp3) is 0.462. The zero-order chi connectivity index (χ0) is 11.8. The lowest BCUT2D eigenvalue weighted by Crippen LogP contribution is -2.22. The molecule has 1 aromatic carbocycles. The van der Waals surface area contributed by atoms with Crippen LogP contribution in [0.25, 0.3) is 0 Å². The smallest absolute Gasteiger partial charge is 0.193 e. The van der Waals surface area contributed by atoms with E-state index >= 15 is 0 Å². The molecule has 3 heteroatoms. The molecular weight excluding hydrogens is 198 g/mol. The Morgan fingerprint density at radius 3 is 2.88 bits per heavy atom. The maximum absolute atomic E-state index is 5.78. The van der Waals surface area contributed by atoms with E-state index in [1.807, 2.05) is 12.1 Å². The topological polar surface area (TPSA) is 50.4 Å². The van der Waals surface area contributed by atoms with Crippen molar-refractivity contribution in [2.75, 3.05) is 11.9 Å². The second-order valence-corrected chi connectivity index (χ2v) is 3.80. The Balaban J connectivity index is 2.54. The minimum absolute atomic E-state index is 0.502. The number of nitrogens with one attached hydrogen (secondary N) is 1. The van der Waals surface area contributed by atoms with Gasteiger partial charge < -0.3 is 11.1 Å². The molecule has 3 N–H and O–H groups in total. The van der Waals surface area contributed by atoms with Gasteiger partial charge in [0.2, 0.25) is 0 Å². The van der Waals surface area contributed by atoms with E-state index in [9.17, 15) is 0 Å². The van der Waals surface area contributed by atoms with Crippen LogP contribution in [0.1, 0.15) is 32.3 Å². The number of unbranched alkanes of at least 4 members (excludes halogenated alkanes) is 1. The molecular formula is C13H21N3. The van der Waals surface area contributed by atoms with Gasteiger partial charge in [-0.3, -0.25) is 4.99 Å². The molecule has 1 aromatic rings. The predicted octanol–water partition coefficient (Wildman–Crippen LogP) is 2.78. The van der Waals surface area contributed by atoms with E-state index in [1.54, 1.807) is 0 Å². The Morgan fingerprint density at radius 1 is 1.38 bits per heavy atom. The third kappa shape index (κ3) is 4.34. The van der Waals surface area contributed by atoms with Crippen LogP contribution in [-0.4, -0.2) is 12.5 Å². The van der Waals surface area contributed by atoms with E-state index in [4.69, 9.17) is 5.73 Å². The normalized spacial score (nSPS) is 11.5. The average Bonchev–Trinajstić information content (AvgIpc) is 2.29. The van der Waals surface area contributed by atoms with E-state index in [0.717, 1.165) is 31.5 Å². The standard InChI is InChI=1S/C13H21N3/c1-3-5-9-15-13(14)16-12-8-6-7-11(4-2)10-12/h6-8,10H,3-5,9H2,1-2H3,(H3,14,15,16). The lowest BCUT2D eigenvalue weighted by molar-refractivity contribution is 0.807. The molecule has 3 nitrogen and oxygen atoms in total. The number of nitrogens with two attached hydrogens (primary N) is 1. The summed E-state index contributed by atoms with van der Waals surface area (Å²) in [5, 5.41) is 3.10. The summed E-state index contributed by atoms with van der Waals surface area (Å²) in [6.07, 6.45) is 3.25. The van der Waals surface area contributed by atoms with Crippen molar-refractivity contribution in [2.45, 2.75) is 33.1 Å². The molecule has 0 bridgehead atoms. The van der Waals surface area contributed by atoms with Crippen molar-refractivity contribution in [3.05, 3.63) is 29.8 Å². The highest BCUT2D eigenvalue weighted by molar-refractivity contribution is 5.92. The van der Waals surface area contributed by atoms with Crippen LogP contribution in [0.4, 0.5) is 5.69 Å². The van der Waals surface area contributed by atoms with E-state index in [1.165, 1.54) is 5.56 Å². The van der Waals surface area contributed by atoms with Gasteiger partial charge in [-0.15, -0.1) is 0 Å². The van der Waals surface area contributed by atoms with Gasteiger partial charge in [-0.25, -0.2) is 0 Å². The first kappa shape index (κ1) is 12.6. The fourth-order valence-corrected chi connectivity index (χ4v) is 1.41. The summed E-state index contributed by atoms with van der Waals surface area (Å²) in [6.45, 7) is 5.07. The van der Waals surface area contributed by atoms with Crippen molar-refractivity contribution < 1.29 is 0 Å². The average molecular weight is 219 g/mol. The van der Waals surface area contributed by atoms with Crippen LogP contribution in [-0.2, 0) is 6.42 Å². The first-order valence-corrected chi connectivity index (χ1v) is 5.92. The molecule has 88 valence electrons. The second-order valence-electron chi connectivity index (χ2n) is 3.80. The highest BCUT2D eigenvalue weighted by Gasteiger charge is 1.95. The molecule has 0 unspecified atom stereocenters. The third-order valence-electron chi connectivity index (χ3n) is 2.40. The first-order valence-electron chi connectivity index (χ1n) is 5.92. The molecule has 0 saturated heterocycles. The minimum atomic E-state index is 0.502. The van der Waals surface area contributed by atoms with Crippen LogP contribution in [0.3, 0.4) is 0 Å². The number of hydrogen-bond donors (Lipinski definition) is 2. The predicted molar refractivity (Wildman–Crippen MR) is 70.8 cm³/mol. The van der Waals surface area contributed by atoms with Crippen molar-refractivity contribution in [3.8, 4) is 0 Å². The summed E-state index contributed by atoms with van der Waals surface area (Å²) in [5.74, 6) is 0.502. The Labute approximate surface area is 97.8 Å². The van der Waals surface area contributed by atoms with E-state index in [2.05, 4.69) is 36.3 Å². The zero-order valence-corrected chi connectivity index (χ0v) is 10.2.